The molecule has 0 unspecified atom stereocenters. The molecule has 3 rings (SSSR count). The van der Waals surface area contributed by atoms with Crippen LogP contribution in [0.25, 0.3) is 16.9 Å². The van der Waals surface area contributed by atoms with Gasteiger partial charge in [0.2, 0.25) is 5.91 Å². The molecule has 0 fully saturated rings. The van der Waals surface area contributed by atoms with Crippen LogP contribution in [0.4, 0.5) is 0 Å². The number of aromatic nitrogens is 2. The Labute approximate surface area is 183 Å². The summed E-state index contributed by atoms with van der Waals surface area (Å²) in [6.45, 7) is 5.68. The van der Waals surface area contributed by atoms with Crippen molar-refractivity contribution in [3.8, 4) is 11.3 Å². The molecule has 0 spiro atoms. The van der Waals surface area contributed by atoms with E-state index in [-0.39, 0.29) is 12.3 Å². The van der Waals surface area contributed by atoms with Gasteiger partial charge in [-0.05, 0) is 47.0 Å². The monoisotopic (exact) mass is 481 g/mol. The Morgan fingerprint density at radius 3 is 2.36 bits per heavy atom. The highest BCUT2D eigenvalue weighted by molar-refractivity contribution is 9.10. The fourth-order valence-corrected chi connectivity index (χ4v) is 4.27. The van der Waals surface area contributed by atoms with E-state index in [0.717, 1.165) is 53.0 Å². The molecule has 0 aliphatic heterocycles. The average molecular weight is 483 g/mol. The molecule has 0 N–H and O–H groups in total. The summed E-state index contributed by atoms with van der Waals surface area (Å²) in [4.78, 5) is 19.8. The second-order valence-electron chi connectivity index (χ2n) is 6.67. The first-order chi connectivity index (χ1) is 13.4. The van der Waals surface area contributed by atoms with Crippen molar-refractivity contribution >= 4 is 50.7 Å². The van der Waals surface area contributed by atoms with Gasteiger partial charge in [0, 0.05) is 29.9 Å². The molecule has 0 saturated heterocycles. The number of fused-ring (bicyclic) bond motifs is 1. The maximum Gasteiger partial charge on any atom is 0.228 e. The van der Waals surface area contributed by atoms with Crippen LogP contribution in [0.3, 0.4) is 0 Å². The first-order valence-electron chi connectivity index (χ1n) is 9.34. The molecule has 7 heteroatoms. The fourth-order valence-electron chi connectivity index (χ4n) is 3.28. The van der Waals surface area contributed by atoms with E-state index < -0.39 is 0 Å². The van der Waals surface area contributed by atoms with Gasteiger partial charge in [0.15, 0.2) is 5.65 Å². The highest BCUT2D eigenvalue weighted by Gasteiger charge is 2.21. The number of hydrogen-bond acceptors (Lipinski definition) is 2. The lowest BCUT2D eigenvalue weighted by Gasteiger charge is -2.21. The zero-order valence-electron chi connectivity index (χ0n) is 15.9. The minimum Gasteiger partial charge on any atom is -0.342 e. The van der Waals surface area contributed by atoms with E-state index in [4.69, 9.17) is 28.2 Å². The number of carbonyl (C=O) groups is 1. The normalized spacial score (nSPS) is 11.2. The number of carbonyl (C=O) groups excluding carboxylic acids is 1. The third-order valence-corrected chi connectivity index (χ3v) is 5.56. The van der Waals surface area contributed by atoms with E-state index in [1.165, 1.54) is 0 Å². The molecule has 3 aromatic rings. The quantitative estimate of drug-likeness (QED) is 0.398. The maximum atomic E-state index is 13.1. The summed E-state index contributed by atoms with van der Waals surface area (Å²) < 4.78 is 2.69. The summed E-state index contributed by atoms with van der Waals surface area (Å²) in [5.41, 5.74) is 3.23. The fraction of sp³-hybridized carbons (Fsp3) is 0.333. The van der Waals surface area contributed by atoms with Gasteiger partial charge in [0.25, 0.3) is 0 Å². The van der Waals surface area contributed by atoms with Gasteiger partial charge in [-0.25, -0.2) is 4.98 Å². The molecule has 0 aliphatic rings. The third kappa shape index (κ3) is 4.53. The lowest BCUT2D eigenvalue weighted by molar-refractivity contribution is -0.130. The molecule has 0 atom stereocenters. The Morgan fingerprint density at radius 2 is 1.75 bits per heavy atom. The SMILES string of the molecule is CCCN(CCC)C(=O)Cc1c(-c2ccc(Cl)cc2)nc2c(Br)cc(Cl)cn12. The molecule has 0 aliphatic carbocycles. The van der Waals surface area contributed by atoms with Crippen molar-refractivity contribution in [1.82, 2.24) is 14.3 Å². The van der Waals surface area contributed by atoms with Crippen molar-refractivity contribution < 1.29 is 4.79 Å². The van der Waals surface area contributed by atoms with E-state index in [1.807, 2.05) is 39.6 Å². The van der Waals surface area contributed by atoms with E-state index in [9.17, 15) is 4.79 Å². The van der Waals surface area contributed by atoms with Crippen molar-refractivity contribution in [2.75, 3.05) is 13.1 Å². The summed E-state index contributed by atoms with van der Waals surface area (Å²) >= 11 is 15.9. The molecule has 1 amide bonds. The molecule has 2 aromatic heterocycles. The third-order valence-electron chi connectivity index (χ3n) is 4.52. The minimum absolute atomic E-state index is 0.0943. The standard InChI is InChI=1S/C21H22BrCl2N3O/c1-3-9-26(10-4-2)19(28)12-18-20(14-5-7-15(23)8-6-14)25-21-17(22)11-16(24)13-27(18)21/h5-8,11,13H,3-4,9-10,12H2,1-2H3. The predicted molar refractivity (Wildman–Crippen MR) is 119 cm³/mol. The summed E-state index contributed by atoms with van der Waals surface area (Å²) in [7, 11) is 0. The molecule has 0 bridgehead atoms. The highest BCUT2D eigenvalue weighted by atomic mass is 79.9. The summed E-state index contributed by atoms with van der Waals surface area (Å²) in [5.74, 6) is 0.0943. The minimum atomic E-state index is 0.0943. The second-order valence-corrected chi connectivity index (χ2v) is 8.40. The molecule has 28 heavy (non-hydrogen) atoms. The molecular weight excluding hydrogens is 461 g/mol. The van der Waals surface area contributed by atoms with Gasteiger partial charge in [-0.15, -0.1) is 0 Å². The molecule has 0 radical (unpaired) electrons. The number of rotatable bonds is 7. The van der Waals surface area contributed by atoms with Gasteiger partial charge in [0.1, 0.15) is 0 Å². The van der Waals surface area contributed by atoms with Crippen LogP contribution in [-0.4, -0.2) is 33.3 Å². The summed E-state index contributed by atoms with van der Waals surface area (Å²) in [6, 6.07) is 9.30. The second kappa shape index (κ2) is 9.29. The van der Waals surface area contributed by atoms with Crippen LogP contribution in [0.2, 0.25) is 10.0 Å². The van der Waals surface area contributed by atoms with Gasteiger partial charge in [-0.1, -0.05) is 49.2 Å². The Morgan fingerprint density at radius 1 is 1.11 bits per heavy atom. The van der Waals surface area contributed by atoms with Crippen LogP contribution < -0.4 is 0 Å². The summed E-state index contributed by atoms with van der Waals surface area (Å²) in [6.07, 6.45) is 3.92. The molecule has 4 nitrogen and oxygen atoms in total. The zero-order valence-corrected chi connectivity index (χ0v) is 19.0. The van der Waals surface area contributed by atoms with E-state index in [2.05, 4.69) is 29.8 Å². The number of amides is 1. The Bertz CT molecular complexity index is 979. The van der Waals surface area contributed by atoms with Crippen molar-refractivity contribution in [1.29, 1.82) is 0 Å². The number of halogens is 3. The van der Waals surface area contributed by atoms with E-state index >= 15 is 0 Å². The van der Waals surface area contributed by atoms with Crippen LogP contribution in [0.5, 0.6) is 0 Å². The lowest BCUT2D eigenvalue weighted by atomic mass is 10.1. The Hall–Kier alpha value is -1.56. The number of pyridine rings is 1. The van der Waals surface area contributed by atoms with Gasteiger partial charge in [0.05, 0.1) is 27.3 Å². The van der Waals surface area contributed by atoms with Gasteiger partial charge in [-0.2, -0.15) is 0 Å². The van der Waals surface area contributed by atoms with Crippen LogP contribution in [0, 0.1) is 0 Å². The van der Waals surface area contributed by atoms with Crippen molar-refractivity contribution in [2.24, 2.45) is 0 Å². The first-order valence-corrected chi connectivity index (χ1v) is 10.9. The van der Waals surface area contributed by atoms with Crippen molar-refractivity contribution in [3.05, 3.63) is 56.7 Å². The van der Waals surface area contributed by atoms with Crippen LogP contribution >= 0.6 is 39.1 Å². The molecule has 1 aromatic carbocycles. The molecule has 2 heterocycles. The van der Waals surface area contributed by atoms with Crippen molar-refractivity contribution in [2.45, 2.75) is 33.1 Å². The number of hydrogen-bond donors (Lipinski definition) is 0. The highest BCUT2D eigenvalue weighted by Crippen LogP contribution is 2.31. The predicted octanol–water partition coefficient (Wildman–Crippen LogP) is 6.26. The van der Waals surface area contributed by atoms with E-state index in [0.29, 0.717) is 10.0 Å². The maximum absolute atomic E-state index is 13.1. The Kier molecular flexibility index (Phi) is 7.02. The number of imidazole rings is 1. The van der Waals surface area contributed by atoms with Crippen LogP contribution in [0.15, 0.2) is 41.0 Å². The van der Waals surface area contributed by atoms with Crippen LogP contribution in [-0.2, 0) is 11.2 Å². The smallest absolute Gasteiger partial charge is 0.228 e. The molecular formula is C21H22BrCl2N3O. The topological polar surface area (TPSA) is 37.6 Å². The van der Waals surface area contributed by atoms with Gasteiger partial charge >= 0.3 is 0 Å². The van der Waals surface area contributed by atoms with Gasteiger partial charge in [-0.3, -0.25) is 4.79 Å². The van der Waals surface area contributed by atoms with E-state index in [1.54, 1.807) is 6.20 Å². The lowest BCUT2D eigenvalue weighted by Crippen LogP contribution is -2.34. The zero-order chi connectivity index (χ0) is 20.3. The molecule has 148 valence electrons. The first kappa shape index (κ1) is 21.2. The Balaban J connectivity index is 2.11. The van der Waals surface area contributed by atoms with Crippen molar-refractivity contribution in [3.63, 3.8) is 0 Å². The average Bonchev–Trinajstić information content (AvgIpc) is 3.01. The number of nitrogens with zero attached hydrogens (tertiary/aromatic N) is 3. The molecule has 0 saturated carbocycles. The van der Waals surface area contributed by atoms with Gasteiger partial charge < -0.3 is 9.30 Å². The summed E-state index contributed by atoms with van der Waals surface area (Å²) in [5, 5.41) is 1.23. The largest absolute Gasteiger partial charge is 0.342 e. The number of benzene rings is 1. The van der Waals surface area contributed by atoms with Crippen LogP contribution in [0.1, 0.15) is 32.4 Å².